The number of ether oxygens (including phenoxy) is 2. The molecule has 0 aromatic heterocycles. The quantitative estimate of drug-likeness (QED) is 0.903. The van der Waals surface area contributed by atoms with Gasteiger partial charge in [0.25, 0.3) is 0 Å². The molecular formula is C11H13BrO4. The summed E-state index contributed by atoms with van der Waals surface area (Å²) in [5.74, 6) is -0.521. The Morgan fingerprint density at radius 1 is 1.56 bits per heavy atom. The van der Waals surface area contributed by atoms with Crippen LogP contribution in [0.25, 0.3) is 0 Å². The first-order valence-corrected chi connectivity index (χ1v) is 5.48. The van der Waals surface area contributed by atoms with Gasteiger partial charge >= 0.3 is 5.97 Å². The van der Waals surface area contributed by atoms with Crippen molar-refractivity contribution < 1.29 is 19.4 Å². The van der Waals surface area contributed by atoms with Crippen molar-refractivity contribution in [3.63, 3.8) is 0 Å². The van der Waals surface area contributed by atoms with Crippen molar-refractivity contribution in [2.75, 3.05) is 13.7 Å². The normalized spacial score (nSPS) is 12.2. The number of hydrogen-bond acceptors (Lipinski definition) is 3. The first-order chi connectivity index (χ1) is 7.54. The van der Waals surface area contributed by atoms with Crippen molar-refractivity contribution in [2.24, 2.45) is 0 Å². The highest BCUT2D eigenvalue weighted by atomic mass is 79.9. The molecule has 1 aromatic carbocycles. The molecule has 0 saturated heterocycles. The molecule has 0 bridgehead atoms. The van der Waals surface area contributed by atoms with Crippen LogP contribution in [0.15, 0.2) is 22.7 Å². The van der Waals surface area contributed by atoms with Crippen LogP contribution in [0.1, 0.15) is 5.56 Å². The van der Waals surface area contributed by atoms with Crippen LogP contribution in [0.3, 0.4) is 0 Å². The summed E-state index contributed by atoms with van der Waals surface area (Å²) in [6.07, 6.45) is -0.981. The monoisotopic (exact) mass is 288 g/mol. The van der Waals surface area contributed by atoms with Crippen LogP contribution in [0.2, 0.25) is 0 Å². The van der Waals surface area contributed by atoms with Crippen LogP contribution in [-0.2, 0) is 9.53 Å². The predicted molar refractivity (Wildman–Crippen MR) is 62.8 cm³/mol. The van der Waals surface area contributed by atoms with Gasteiger partial charge in [0.05, 0.1) is 6.61 Å². The zero-order valence-electron chi connectivity index (χ0n) is 9.07. The standard InChI is InChI=1S/C11H13BrO4/c1-7-5-8(3-4-9(7)12)16-10(6-15-2)11(13)14/h3-5,10H,6H2,1-2H3,(H,13,14). The molecule has 1 aromatic rings. The fourth-order valence-corrected chi connectivity index (χ4v) is 1.41. The smallest absolute Gasteiger partial charge is 0.347 e. The number of methoxy groups -OCH3 is 1. The van der Waals surface area contributed by atoms with Crippen LogP contribution < -0.4 is 4.74 Å². The van der Waals surface area contributed by atoms with Gasteiger partial charge in [0.15, 0.2) is 0 Å². The molecule has 0 saturated carbocycles. The number of rotatable bonds is 5. The molecule has 0 aliphatic heterocycles. The Labute approximate surface area is 102 Å². The summed E-state index contributed by atoms with van der Waals surface area (Å²) in [6.45, 7) is 1.92. The molecule has 88 valence electrons. The third-order valence-electron chi connectivity index (χ3n) is 2.00. The van der Waals surface area contributed by atoms with Gasteiger partial charge in [-0.15, -0.1) is 0 Å². The van der Waals surface area contributed by atoms with Crippen LogP contribution in [-0.4, -0.2) is 30.9 Å². The van der Waals surface area contributed by atoms with E-state index in [1.807, 2.05) is 13.0 Å². The first-order valence-electron chi connectivity index (χ1n) is 4.69. The number of aliphatic carboxylic acids is 1. The van der Waals surface area contributed by atoms with E-state index >= 15 is 0 Å². The maximum Gasteiger partial charge on any atom is 0.347 e. The topological polar surface area (TPSA) is 55.8 Å². The van der Waals surface area contributed by atoms with Gasteiger partial charge in [-0.25, -0.2) is 4.79 Å². The summed E-state index contributed by atoms with van der Waals surface area (Å²) in [6, 6.07) is 5.30. The Morgan fingerprint density at radius 2 is 2.25 bits per heavy atom. The van der Waals surface area contributed by atoms with Crippen LogP contribution in [0.4, 0.5) is 0 Å². The highest BCUT2D eigenvalue weighted by Gasteiger charge is 2.19. The number of carboxylic acid groups (broad SMARTS) is 1. The molecule has 0 aliphatic rings. The molecule has 4 nitrogen and oxygen atoms in total. The molecule has 0 aliphatic carbocycles. The lowest BCUT2D eigenvalue weighted by molar-refractivity contribution is -0.147. The Bertz CT molecular complexity index is 378. The van der Waals surface area contributed by atoms with Gasteiger partial charge < -0.3 is 14.6 Å². The van der Waals surface area contributed by atoms with Crippen molar-refractivity contribution in [2.45, 2.75) is 13.0 Å². The first kappa shape index (κ1) is 13.0. The highest BCUT2D eigenvalue weighted by Crippen LogP contribution is 2.22. The summed E-state index contributed by atoms with van der Waals surface area (Å²) >= 11 is 3.36. The van der Waals surface area contributed by atoms with E-state index in [1.54, 1.807) is 12.1 Å². The SMILES string of the molecule is COCC(Oc1ccc(Br)c(C)c1)C(=O)O. The minimum Gasteiger partial charge on any atom is -0.478 e. The van der Waals surface area contributed by atoms with Gasteiger partial charge in [-0.05, 0) is 30.7 Å². The minimum atomic E-state index is -1.04. The van der Waals surface area contributed by atoms with Crippen molar-refractivity contribution in [1.29, 1.82) is 0 Å². The second-order valence-electron chi connectivity index (χ2n) is 3.31. The molecule has 1 N–H and O–H groups in total. The molecule has 0 heterocycles. The maximum atomic E-state index is 10.8. The van der Waals surface area contributed by atoms with E-state index in [1.165, 1.54) is 7.11 Å². The van der Waals surface area contributed by atoms with E-state index in [-0.39, 0.29) is 6.61 Å². The molecule has 0 spiro atoms. The second-order valence-corrected chi connectivity index (χ2v) is 4.17. The van der Waals surface area contributed by atoms with E-state index < -0.39 is 12.1 Å². The lowest BCUT2D eigenvalue weighted by Gasteiger charge is -2.14. The molecule has 0 amide bonds. The maximum absolute atomic E-state index is 10.8. The molecular weight excluding hydrogens is 276 g/mol. The molecule has 1 rings (SSSR count). The molecule has 5 heteroatoms. The second kappa shape index (κ2) is 5.86. The third kappa shape index (κ3) is 3.50. The summed E-state index contributed by atoms with van der Waals surface area (Å²) in [7, 11) is 1.44. The van der Waals surface area contributed by atoms with E-state index in [2.05, 4.69) is 15.9 Å². The number of halogens is 1. The van der Waals surface area contributed by atoms with Crippen molar-refractivity contribution in [1.82, 2.24) is 0 Å². The van der Waals surface area contributed by atoms with Crippen molar-refractivity contribution in [3.8, 4) is 5.75 Å². The lowest BCUT2D eigenvalue weighted by Crippen LogP contribution is -2.31. The number of hydrogen-bond donors (Lipinski definition) is 1. The van der Waals surface area contributed by atoms with Gasteiger partial charge in [-0.1, -0.05) is 15.9 Å². The third-order valence-corrected chi connectivity index (χ3v) is 2.89. The van der Waals surface area contributed by atoms with Gasteiger partial charge in [0.1, 0.15) is 5.75 Å². The number of carboxylic acids is 1. The Hall–Kier alpha value is -1.07. The molecule has 1 unspecified atom stereocenters. The number of aryl methyl sites for hydroxylation is 1. The van der Waals surface area contributed by atoms with Crippen molar-refractivity contribution >= 4 is 21.9 Å². The minimum absolute atomic E-state index is 0.0183. The molecule has 0 fully saturated rings. The van der Waals surface area contributed by atoms with Gasteiger partial charge in [-0.3, -0.25) is 0 Å². The highest BCUT2D eigenvalue weighted by molar-refractivity contribution is 9.10. The lowest BCUT2D eigenvalue weighted by atomic mass is 10.2. The van der Waals surface area contributed by atoms with E-state index in [0.29, 0.717) is 5.75 Å². The largest absolute Gasteiger partial charge is 0.478 e. The zero-order chi connectivity index (χ0) is 12.1. The van der Waals surface area contributed by atoms with Crippen molar-refractivity contribution in [3.05, 3.63) is 28.2 Å². The Kier molecular flexibility index (Phi) is 4.76. The summed E-state index contributed by atoms with van der Waals surface area (Å²) in [5, 5.41) is 8.88. The van der Waals surface area contributed by atoms with E-state index in [4.69, 9.17) is 14.6 Å². The fraction of sp³-hybridized carbons (Fsp3) is 0.364. The van der Waals surface area contributed by atoms with Gasteiger partial charge in [0, 0.05) is 11.6 Å². The Morgan fingerprint density at radius 3 is 2.75 bits per heavy atom. The summed E-state index contributed by atoms with van der Waals surface area (Å²) in [5.41, 5.74) is 0.985. The predicted octanol–water partition coefficient (Wildman–Crippen LogP) is 2.24. The number of benzene rings is 1. The number of carbonyl (C=O) groups is 1. The summed E-state index contributed by atoms with van der Waals surface area (Å²) in [4.78, 5) is 10.8. The van der Waals surface area contributed by atoms with Crippen LogP contribution in [0.5, 0.6) is 5.75 Å². The molecule has 0 radical (unpaired) electrons. The fourth-order valence-electron chi connectivity index (χ4n) is 1.16. The van der Waals surface area contributed by atoms with Gasteiger partial charge in [0.2, 0.25) is 6.10 Å². The zero-order valence-corrected chi connectivity index (χ0v) is 10.7. The van der Waals surface area contributed by atoms with Crippen LogP contribution in [0, 0.1) is 6.92 Å². The molecule has 16 heavy (non-hydrogen) atoms. The average Bonchev–Trinajstić information content (AvgIpc) is 2.22. The van der Waals surface area contributed by atoms with E-state index in [0.717, 1.165) is 10.0 Å². The average molecular weight is 289 g/mol. The Balaban J connectivity index is 2.77. The van der Waals surface area contributed by atoms with Crippen LogP contribution >= 0.6 is 15.9 Å². The van der Waals surface area contributed by atoms with E-state index in [9.17, 15) is 4.79 Å². The summed E-state index contributed by atoms with van der Waals surface area (Å²) < 4.78 is 11.0. The molecule has 1 atom stereocenters. The van der Waals surface area contributed by atoms with Gasteiger partial charge in [-0.2, -0.15) is 0 Å².